The van der Waals surface area contributed by atoms with Crippen molar-refractivity contribution in [1.29, 1.82) is 0 Å². The molecule has 0 saturated carbocycles. The number of carbonyl (C=O) groups excluding carboxylic acids is 1. The highest BCUT2D eigenvalue weighted by atomic mass is 32.2. The standard InChI is InChI=1S/C18H24N4O3S/c1-13(2)10-21(9-8-17(24)25)16(23)11-26-18-20-19-12-22(18)15-6-4-14(3)5-7-15/h4-7,12-13H,8-11H2,1-3H3,(H,24,25). The molecule has 140 valence electrons. The number of carboxylic acids is 1. The number of rotatable bonds is 9. The van der Waals surface area contributed by atoms with Gasteiger partial charge in [-0.05, 0) is 25.0 Å². The molecule has 0 fully saturated rings. The van der Waals surface area contributed by atoms with Gasteiger partial charge >= 0.3 is 5.97 Å². The Balaban J connectivity index is 2.02. The van der Waals surface area contributed by atoms with Crippen LogP contribution in [0.15, 0.2) is 35.7 Å². The van der Waals surface area contributed by atoms with Gasteiger partial charge in [-0.2, -0.15) is 0 Å². The largest absolute Gasteiger partial charge is 0.481 e. The Kier molecular flexibility index (Phi) is 7.20. The summed E-state index contributed by atoms with van der Waals surface area (Å²) >= 11 is 1.30. The van der Waals surface area contributed by atoms with Crippen LogP contribution in [0, 0.1) is 12.8 Å². The topological polar surface area (TPSA) is 88.3 Å². The van der Waals surface area contributed by atoms with Crippen molar-refractivity contribution in [3.8, 4) is 5.69 Å². The lowest BCUT2D eigenvalue weighted by Gasteiger charge is -2.23. The zero-order chi connectivity index (χ0) is 19.1. The van der Waals surface area contributed by atoms with Gasteiger partial charge < -0.3 is 10.0 Å². The van der Waals surface area contributed by atoms with Crippen molar-refractivity contribution < 1.29 is 14.7 Å². The number of amides is 1. The molecule has 8 heteroatoms. The second kappa shape index (κ2) is 9.38. The van der Waals surface area contributed by atoms with Gasteiger partial charge in [0.15, 0.2) is 5.16 Å². The molecule has 2 aromatic rings. The van der Waals surface area contributed by atoms with Crippen molar-refractivity contribution in [2.75, 3.05) is 18.8 Å². The zero-order valence-electron chi connectivity index (χ0n) is 15.3. The average Bonchev–Trinajstić information content (AvgIpc) is 3.05. The smallest absolute Gasteiger partial charge is 0.305 e. The third kappa shape index (κ3) is 5.87. The van der Waals surface area contributed by atoms with E-state index >= 15 is 0 Å². The highest BCUT2D eigenvalue weighted by molar-refractivity contribution is 7.99. The molecular formula is C18H24N4O3S. The summed E-state index contributed by atoms with van der Waals surface area (Å²) in [5.41, 5.74) is 2.09. The summed E-state index contributed by atoms with van der Waals surface area (Å²) in [7, 11) is 0. The number of aryl methyl sites for hydroxylation is 1. The van der Waals surface area contributed by atoms with E-state index in [1.165, 1.54) is 11.8 Å². The van der Waals surface area contributed by atoms with Crippen LogP contribution in [0.5, 0.6) is 0 Å². The summed E-state index contributed by atoms with van der Waals surface area (Å²) in [5.74, 6) is -0.535. The molecule has 1 aromatic carbocycles. The van der Waals surface area contributed by atoms with Crippen LogP contribution >= 0.6 is 11.8 Å². The number of thioether (sulfide) groups is 1. The van der Waals surface area contributed by atoms with Crippen LogP contribution in [0.2, 0.25) is 0 Å². The maximum atomic E-state index is 12.5. The van der Waals surface area contributed by atoms with Gasteiger partial charge in [0.1, 0.15) is 6.33 Å². The quantitative estimate of drug-likeness (QED) is 0.677. The van der Waals surface area contributed by atoms with Crippen molar-refractivity contribution in [1.82, 2.24) is 19.7 Å². The van der Waals surface area contributed by atoms with E-state index in [0.717, 1.165) is 11.3 Å². The molecule has 0 saturated heterocycles. The molecule has 7 nitrogen and oxygen atoms in total. The van der Waals surface area contributed by atoms with Crippen LogP contribution in [0.25, 0.3) is 5.69 Å². The first-order valence-electron chi connectivity index (χ1n) is 8.46. The Labute approximate surface area is 157 Å². The Hall–Kier alpha value is -2.35. The first kappa shape index (κ1) is 20.0. The van der Waals surface area contributed by atoms with Crippen LogP contribution in [-0.4, -0.2) is 55.5 Å². The summed E-state index contributed by atoms with van der Waals surface area (Å²) in [4.78, 5) is 25.0. The highest BCUT2D eigenvalue weighted by Gasteiger charge is 2.18. The molecule has 0 aliphatic carbocycles. The first-order valence-corrected chi connectivity index (χ1v) is 9.44. The van der Waals surface area contributed by atoms with Crippen LogP contribution in [0.3, 0.4) is 0 Å². The molecule has 1 N–H and O–H groups in total. The Morgan fingerprint density at radius 2 is 1.96 bits per heavy atom. The molecular weight excluding hydrogens is 352 g/mol. The number of aromatic nitrogens is 3. The van der Waals surface area contributed by atoms with E-state index in [1.807, 2.05) is 49.6 Å². The maximum absolute atomic E-state index is 12.5. The summed E-state index contributed by atoms with van der Waals surface area (Å²) in [6.07, 6.45) is 1.57. The minimum Gasteiger partial charge on any atom is -0.481 e. The molecule has 0 bridgehead atoms. The number of hydrogen-bond acceptors (Lipinski definition) is 5. The van der Waals surface area contributed by atoms with Crippen LogP contribution < -0.4 is 0 Å². The zero-order valence-corrected chi connectivity index (χ0v) is 16.1. The lowest BCUT2D eigenvalue weighted by Crippen LogP contribution is -2.37. The first-order chi connectivity index (χ1) is 12.4. The Morgan fingerprint density at radius 1 is 1.27 bits per heavy atom. The van der Waals surface area contributed by atoms with E-state index in [0.29, 0.717) is 11.7 Å². The SMILES string of the molecule is Cc1ccc(-n2cnnc2SCC(=O)N(CCC(=O)O)CC(C)C)cc1. The molecule has 0 atom stereocenters. The fourth-order valence-electron chi connectivity index (χ4n) is 2.41. The number of aliphatic carboxylic acids is 1. The van der Waals surface area contributed by atoms with E-state index < -0.39 is 5.97 Å². The maximum Gasteiger partial charge on any atom is 0.305 e. The van der Waals surface area contributed by atoms with Gasteiger partial charge in [-0.3, -0.25) is 14.2 Å². The lowest BCUT2D eigenvalue weighted by atomic mass is 10.2. The van der Waals surface area contributed by atoms with Gasteiger partial charge in [0.25, 0.3) is 0 Å². The van der Waals surface area contributed by atoms with E-state index in [4.69, 9.17) is 5.11 Å². The van der Waals surface area contributed by atoms with Gasteiger partial charge in [-0.1, -0.05) is 43.3 Å². The summed E-state index contributed by atoms with van der Waals surface area (Å²) in [5, 5.41) is 17.5. The van der Waals surface area contributed by atoms with Crippen LogP contribution in [-0.2, 0) is 9.59 Å². The molecule has 0 radical (unpaired) electrons. The minimum absolute atomic E-state index is 0.0529. The van der Waals surface area contributed by atoms with Crippen molar-refractivity contribution >= 4 is 23.6 Å². The number of carbonyl (C=O) groups is 2. The second-order valence-electron chi connectivity index (χ2n) is 6.49. The third-order valence-corrected chi connectivity index (χ3v) is 4.62. The van der Waals surface area contributed by atoms with Gasteiger partial charge in [0.05, 0.1) is 12.2 Å². The molecule has 0 unspecified atom stereocenters. The van der Waals surface area contributed by atoms with E-state index in [-0.39, 0.29) is 30.5 Å². The second-order valence-corrected chi connectivity index (χ2v) is 7.43. The Bertz CT molecular complexity index is 743. The summed E-state index contributed by atoms with van der Waals surface area (Å²) in [6, 6.07) is 7.96. The van der Waals surface area contributed by atoms with Crippen molar-refractivity contribution in [2.45, 2.75) is 32.3 Å². The molecule has 1 amide bonds. The predicted octanol–water partition coefficient (Wildman–Crippen LogP) is 2.63. The van der Waals surface area contributed by atoms with Gasteiger partial charge in [0, 0.05) is 18.8 Å². The van der Waals surface area contributed by atoms with Crippen molar-refractivity contribution in [3.05, 3.63) is 36.2 Å². The molecule has 1 aromatic heterocycles. The van der Waals surface area contributed by atoms with Crippen LogP contribution in [0.1, 0.15) is 25.8 Å². The van der Waals surface area contributed by atoms with Gasteiger partial charge in [-0.15, -0.1) is 10.2 Å². The highest BCUT2D eigenvalue weighted by Crippen LogP contribution is 2.20. The number of nitrogens with zero attached hydrogens (tertiary/aromatic N) is 4. The van der Waals surface area contributed by atoms with Gasteiger partial charge in [0.2, 0.25) is 5.91 Å². The van der Waals surface area contributed by atoms with Crippen molar-refractivity contribution in [2.24, 2.45) is 5.92 Å². The fraction of sp³-hybridized carbons (Fsp3) is 0.444. The Morgan fingerprint density at radius 3 is 2.58 bits per heavy atom. The number of carboxylic acid groups (broad SMARTS) is 1. The molecule has 0 spiro atoms. The average molecular weight is 376 g/mol. The molecule has 26 heavy (non-hydrogen) atoms. The number of benzene rings is 1. The molecule has 1 heterocycles. The van der Waals surface area contributed by atoms with Crippen molar-refractivity contribution in [3.63, 3.8) is 0 Å². The monoisotopic (exact) mass is 376 g/mol. The van der Waals surface area contributed by atoms with Crippen LogP contribution in [0.4, 0.5) is 0 Å². The summed E-state index contributed by atoms with van der Waals surface area (Å²) in [6.45, 7) is 6.78. The minimum atomic E-state index is -0.904. The fourth-order valence-corrected chi connectivity index (χ4v) is 3.24. The lowest BCUT2D eigenvalue weighted by molar-refractivity contribution is -0.138. The molecule has 2 rings (SSSR count). The molecule has 0 aliphatic rings. The van der Waals surface area contributed by atoms with E-state index in [1.54, 1.807) is 11.2 Å². The number of hydrogen-bond donors (Lipinski definition) is 1. The molecule has 0 aliphatic heterocycles. The van der Waals surface area contributed by atoms with E-state index in [9.17, 15) is 9.59 Å². The predicted molar refractivity (Wildman–Crippen MR) is 100 cm³/mol. The normalized spacial score (nSPS) is 10.9. The van der Waals surface area contributed by atoms with E-state index in [2.05, 4.69) is 10.2 Å². The summed E-state index contributed by atoms with van der Waals surface area (Å²) < 4.78 is 1.83. The third-order valence-electron chi connectivity index (χ3n) is 3.69. The van der Waals surface area contributed by atoms with Gasteiger partial charge in [-0.25, -0.2) is 0 Å².